The smallest absolute Gasteiger partial charge is 0.322 e. The average Bonchev–Trinajstić information content (AvgIpc) is 3.40. The maximum atomic E-state index is 13.7. The summed E-state index contributed by atoms with van der Waals surface area (Å²) in [6.07, 6.45) is 5.54. The highest BCUT2D eigenvalue weighted by Gasteiger charge is 2.22. The Hall–Kier alpha value is -3.10. The summed E-state index contributed by atoms with van der Waals surface area (Å²) in [4.78, 5) is 30.5. The van der Waals surface area contributed by atoms with E-state index in [2.05, 4.69) is 64.1 Å². The van der Waals surface area contributed by atoms with Crippen LogP contribution < -0.4 is 5.32 Å². The van der Waals surface area contributed by atoms with Crippen LogP contribution in [0.2, 0.25) is 0 Å². The van der Waals surface area contributed by atoms with Crippen molar-refractivity contribution in [2.24, 2.45) is 0 Å². The first-order valence-corrected chi connectivity index (χ1v) is 15.1. The van der Waals surface area contributed by atoms with Gasteiger partial charge < -0.3 is 24.4 Å². The fourth-order valence-corrected chi connectivity index (χ4v) is 4.68. The molecule has 0 saturated carbocycles. The number of aryl methyl sites for hydroxylation is 1. The number of carbonyl (C=O) groups excluding carboxylic acids is 2. The standard InChI is InChI=1S/C32H43BrN4O3/c1-4-7-19-36(24-30-10-8-20-35(30)23-27-11-15-28(33)16-12-27)31(38)25-37(21-9-22-40-6-3)32(39)34-29-17-13-26(5-2)14-18-29/h8,10-18,20H,4-7,9,19,21-25H2,1-3H3,(H,34,39). The molecule has 0 aliphatic heterocycles. The largest absolute Gasteiger partial charge is 0.382 e. The second-order valence-corrected chi connectivity index (χ2v) is 10.8. The van der Waals surface area contributed by atoms with Crippen LogP contribution in [-0.4, -0.2) is 59.2 Å². The predicted octanol–water partition coefficient (Wildman–Crippen LogP) is 6.95. The molecule has 40 heavy (non-hydrogen) atoms. The fourth-order valence-electron chi connectivity index (χ4n) is 4.41. The maximum Gasteiger partial charge on any atom is 0.322 e. The molecule has 3 rings (SSSR count). The molecule has 1 N–H and O–H groups in total. The van der Waals surface area contributed by atoms with Crippen LogP contribution in [-0.2, 0) is 29.0 Å². The van der Waals surface area contributed by atoms with E-state index in [-0.39, 0.29) is 18.5 Å². The fraction of sp³-hybridized carbons (Fsp3) is 0.438. The maximum absolute atomic E-state index is 13.7. The zero-order chi connectivity index (χ0) is 28.7. The van der Waals surface area contributed by atoms with Crippen molar-refractivity contribution in [1.29, 1.82) is 0 Å². The van der Waals surface area contributed by atoms with Gasteiger partial charge >= 0.3 is 6.03 Å². The lowest BCUT2D eigenvalue weighted by Crippen LogP contribution is -2.45. The Morgan fingerprint density at radius 2 is 1.60 bits per heavy atom. The Kier molecular flexibility index (Phi) is 13.3. The van der Waals surface area contributed by atoms with E-state index in [0.29, 0.717) is 39.3 Å². The van der Waals surface area contributed by atoms with E-state index < -0.39 is 0 Å². The van der Waals surface area contributed by atoms with Crippen LogP contribution in [0.1, 0.15) is 56.9 Å². The van der Waals surface area contributed by atoms with Gasteiger partial charge in [0.25, 0.3) is 0 Å². The number of halogens is 1. The molecule has 3 aromatic rings. The number of hydrogen-bond acceptors (Lipinski definition) is 3. The highest BCUT2D eigenvalue weighted by Crippen LogP contribution is 2.16. The number of unbranched alkanes of at least 4 members (excludes halogenated alkanes) is 1. The summed E-state index contributed by atoms with van der Waals surface area (Å²) in [5, 5.41) is 2.98. The van der Waals surface area contributed by atoms with Crippen molar-refractivity contribution in [3.05, 3.63) is 88.2 Å². The normalized spacial score (nSPS) is 10.9. The molecule has 0 radical (unpaired) electrons. The van der Waals surface area contributed by atoms with Gasteiger partial charge in [0.2, 0.25) is 5.91 Å². The lowest BCUT2D eigenvalue weighted by atomic mass is 10.1. The minimum absolute atomic E-state index is 0.0160. The molecular formula is C32H43BrN4O3. The van der Waals surface area contributed by atoms with Crippen LogP contribution in [0.5, 0.6) is 0 Å². The number of rotatable bonds is 16. The van der Waals surface area contributed by atoms with E-state index in [1.807, 2.05) is 54.3 Å². The van der Waals surface area contributed by atoms with Crippen LogP contribution in [0.4, 0.5) is 10.5 Å². The Bertz CT molecular complexity index is 1180. The van der Waals surface area contributed by atoms with Gasteiger partial charge in [0.1, 0.15) is 6.54 Å². The van der Waals surface area contributed by atoms with Crippen molar-refractivity contribution >= 4 is 33.6 Å². The molecular weight excluding hydrogens is 568 g/mol. The van der Waals surface area contributed by atoms with Gasteiger partial charge in [0, 0.05) is 54.9 Å². The minimum Gasteiger partial charge on any atom is -0.382 e. The Morgan fingerprint density at radius 1 is 0.900 bits per heavy atom. The van der Waals surface area contributed by atoms with Gasteiger partial charge in [-0.1, -0.05) is 60.5 Å². The number of nitrogens with one attached hydrogen (secondary N) is 1. The summed E-state index contributed by atoms with van der Waals surface area (Å²) in [5.74, 6) is -0.0577. The third kappa shape index (κ3) is 10.1. The van der Waals surface area contributed by atoms with Crippen LogP contribution in [0, 0.1) is 0 Å². The first-order valence-electron chi connectivity index (χ1n) is 14.3. The average molecular weight is 612 g/mol. The lowest BCUT2D eigenvalue weighted by Gasteiger charge is -2.28. The Labute approximate surface area is 247 Å². The molecule has 216 valence electrons. The quantitative estimate of drug-likeness (QED) is 0.178. The van der Waals surface area contributed by atoms with Gasteiger partial charge in [-0.2, -0.15) is 0 Å². The van der Waals surface area contributed by atoms with Crippen LogP contribution in [0.3, 0.4) is 0 Å². The topological polar surface area (TPSA) is 66.8 Å². The molecule has 0 fully saturated rings. The van der Waals surface area contributed by atoms with Crippen LogP contribution in [0.25, 0.3) is 0 Å². The molecule has 0 saturated heterocycles. The SMILES string of the molecule is CCCCN(Cc1cccn1Cc1ccc(Br)cc1)C(=O)CN(CCCOCC)C(=O)Nc1ccc(CC)cc1. The second-order valence-electron chi connectivity index (χ2n) is 9.88. The summed E-state index contributed by atoms with van der Waals surface area (Å²) < 4.78 is 8.72. The summed E-state index contributed by atoms with van der Waals surface area (Å²) in [6.45, 7) is 9.66. The van der Waals surface area contributed by atoms with Crippen LogP contribution in [0.15, 0.2) is 71.3 Å². The van der Waals surface area contributed by atoms with Gasteiger partial charge in [-0.25, -0.2) is 4.79 Å². The second kappa shape index (κ2) is 16.9. The number of hydrogen-bond donors (Lipinski definition) is 1. The summed E-state index contributed by atoms with van der Waals surface area (Å²) in [6, 6.07) is 19.9. The number of urea groups is 1. The number of ether oxygens (including phenoxy) is 1. The molecule has 0 atom stereocenters. The van der Waals surface area contributed by atoms with E-state index >= 15 is 0 Å². The first-order chi connectivity index (χ1) is 19.4. The monoisotopic (exact) mass is 610 g/mol. The summed E-state index contributed by atoms with van der Waals surface area (Å²) in [7, 11) is 0. The van der Waals surface area contributed by atoms with Crippen molar-refractivity contribution in [3.8, 4) is 0 Å². The highest BCUT2D eigenvalue weighted by molar-refractivity contribution is 9.10. The molecule has 7 nitrogen and oxygen atoms in total. The zero-order valence-electron chi connectivity index (χ0n) is 24.1. The summed E-state index contributed by atoms with van der Waals surface area (Å²) >= 11 is 3.50. The number of carbonyl (C=O) groups is 2. The number of anilines is 1. The molecule has 8 heteroatoms. The number of benzene rings is 2. The van der Waals surface area contributed by atoms with Crippen molar-refractivity contribution in [1.82, 2.24) is 14.4 Å². The molecule has 0 bridgehead atoms. The van der Waals surface area contributed by atoms with Gasteiger partial charge in [-0.3, -0.25) is 4.79 Å². The van der Waals surface area contributed by atoms with E-state index in [1.165, 1.54) is 11.1 Å². The predicted molar refractivity (Wildman–Crippen MR) is 166 cm³/mol. The van der Waals surface area contributed by atoms with Gasteiger partial charge in [0.15, 0.2) is 0 Å². The molecule has 1 heterocycles. The molecule has 0 spiro atoms. The Morgan fingerprint density at radius 3 is 2.27 bits per heavy atom. The Balaban J connectivity index is 1.71. The summed E-state index contributed by atoms with van der Waals surface area (Å²) in [5.41, 5.74) is 4.18. The third-order valence-corrected chi connectivity index (χ3v) is 7.35. The lowest BCUT2D eigenvalue weighted by molar-refractivity contribution is -0.132. The van der Waals surface area contributed by atoms with E-state index in [9.17, 15) is 9.59 Å². The van der Waals surface area contributed by atoms with Gasteiger partial charge in [-0.05, 0) is 73.7 Å². The van der Waals surface area contributed by atoms with Gasteiger partial charge in [0.05, 0.1) is 6.54 Å². The molecule has 0 unspecified atom stereocenters. The van der Waals surface area contributed by atoms with Crippen LogP contribution >= 0.6 is 15.9 Å². The molecule has 1 aromatic heterocycles. The molecule has 2 aromatic carbocycles. The van der Waals surface area contributed by atoms with E-state index in [1.54, 1.807) is 4.90 Å². The highest BCUT2D eigenvalue weighted by atomic mass is 79.9. The van der Waals surface area contributed by atoms with E-state index in [0.717, 1.165) is 41.7 Å². The van der Waals surface area contributed by atoms with Gasteiger partial charge in [-0.15, -0.1) is 0 Å². The van der Waals surface area contributed by atoms with Crippen molar-refractivity contribution in [2.45, 2.75) is 59.5 Å². The van der Waals surface area contributed by atoms with Crippen molar-refractivity contribution in [2.75, 3.05) is 38.2 Å². The molecule has 0 aliphatic carbocycles. The molecule has 3 amide bonds. The third-order valence-electron chi connectivity index (χ3n) is 6.82. The number of amides is 3. The number of aromatic nitrogens is 1. The minimum atomic E-state index is -0.275. The molecule has 0 aliphatic rings. The van der Waals surface area contributed by atoms with Crippen molar-refractivity contribution in [3.63, 3.8) is 0 Å². The zero-order valence-corrected chi connectivity index (χ0v) is 25.7. The van der Waals surface area contributed by atoms with E-state index in [4.69, 9.17) is 4.74 Å². The van der Waals surface area contributed by atoms with Crippen molar-refractivity contribution < 1.29 is 14.3 Å². The first kappa shape index (κ1) is 31.4. The number of nitrogens with zero attached hydrogens (tertiary/aromatic N) is 3.